The van der Waals surface area contributed by atoms with Crippen molar-refractivity contribution >= 4 is 87.4 Å². The summed E-state index contributed by atoms with van der Waals surface area (Å²) in [5.41, 5.74) is 22.0. The van der Waals surface area contributed by atoms with E-state index >= 15 is 0 Å². The van der Waals surface area contributed by atoms with Crippen molar-refractivity contribution < 1.29 is 8.83 Å². The summed E-state index contributed by atoms with van der Waals surface area (Å²) in [6.07, 6.45) is 0. The predicted octanol–water partition coefficient (Wildman–Crippen LogP) is 25.2. The van der Waals surface area contributed by atoms with Gasteiger partial charge in [-0.1, -0.05) is 273 Å². The Morgan fingerprint density at radius 3 is 0.964 bits per heavy atom. The minimum Gasteiger partial charge on any atom is -0.436 e. The first kappa shape index (κ1) is 64.9. The molecule has 0 aliphatic carbocycles. The van der Waals surface area contributed by atoms with Crippen molar-refractivity contribution in [1.29, 1.82) is 0 Å². The van der Waals surface area contributed by atoms with Crippen molar-refractivity contribution in [2.24, 2.45) is 0 Å². The molecule has 0 amide bonds. The van der Waals surface area contributed by atoms with E-state index in [1.54, 1.807) is 0 Å². The van der Waals surface area contributed by atoms with Gasteiger partial charge in [-0.05, 0) is 147 Å². The van der Waals surface area contributed by atoms with Crippen molar-refractivity contribution in [2.45, 2.75) is 0 Å². The average Bonchev–Trinajstić information content (AvgIpc) is 1.58. The van der Waals surface area contributed by atoms with Crippen molar-refractivity contribution in [3.63, 3.8) is 0 Å². The number of fused-ring (bicyclic) bond motifs is 10. The number of para-hydroxylation sites is 6. The molecule has 22 rings (SSSR count). The third-order valence-electron chi connectivity index (χ3n) is 20.9. The number of rotatable bonds is 12. The van der Waals surface area contributed by atoms with E-state index in [9.17, 15) is 0 Å². The SMILES string of the molecule is c1ccc(-c2nc(-c3ccccc3)nc(-c3ccc(-c4ccc5cc(-n6c7ccccc7c7ccc(-c8nc9ccccc9o8)cc76)ccc5c4)cc3)n2)cc1.c1ccc(-c2nc(-c3ccccc3)nc(-c3ccc4ccc(-c5ccc(-n6c7ccccc7c7ccc(-c8nc9ccccc9o8)cc76)cc5)cc4c3)n2)cc1. The molecule has 22 aromatic rings. The van der Waals surface area contributed by atoms with E-state index in [2.05, 4.69) is 215 Å². The number of hydrogen-bond donors (Lipinski definition) is 0. The summed E-state index contributed by atoms with van der Waals surface area (Å²) in [6, 6.07) is 130. The number of benzene rings is 16. The van der Waals surface area contributed by atoms with Crippen LogP contribution in [0.2, 0.25) is 0 Å². The minimum atomic E-state index is 0.614. The molecule has 0 saturated heterocycles. The van der Waals surface area contributed by atoms with Gasteiger partial charge in [0, 0.05) is 77.4 Å². The van der Waals surface area contributed by atoms with E-state index in [0.717, 1.165) is 139 Å². The average molecular weight is 1440 g/mol. The van der Waals surface area contributed by atoms with Crippen LogP contribution < -0.4 is 0 Å². The Hall–Kier alpha value is -15.4. The van der Waals surface area contributed by atoms with Crippen LogP contribution in [0.3, 0.4) is 0 Å². The summed E-state index contributed by atoms with van der Waals surface area (Å²) < 4.78 is 17.0. The van der Waals surface area contributed by atoms with E-state index in [4.69, 9.17) is 48.7 Å². The van der Waals surface area contributed by atoms with Crippen molar-refractivity contribution in [3.8, 4) is 125 Å². The van der Waals surface area contributed by atoms with Crippen LogP contribution in [0, 0.1) is 0 Å². The smallest absolute Gasteiger partial charge is 0.227 e. The van der Waals surface area contributed by atoms with Gasteiger partial charge in [-0.2, -0.15) is 0 Å². The molecule has 16 aromatic carbocycles. The van der Waals surface area contributed by atoms with Gasteiger partial charge in [0.05, 0.1) is 22.1 Å². The van der Waals surface area contributed by atoms with E-state index in [0.29, 0.717) is 46.7 Å². The zero-order valence-electron chi connectivity index (χ0n) is 60.1. The second kappa shape index (κ2) is 27.4. The second-order valence-corrected chi connectivity index (χ2v) is 27.9. The molecule has 6 heterocycles. The monoisotopic (exact) mass is 1430 g/mol. The van der Waals surface area contributed by atoms with Gasteiger partial charge in [-0.3, -0.25) is 0 Å². The molecule has 6 aromatic heterocycles. The van der Waals surface area contributed by atoms with Crippen molar-refractivity contribution in [3.05, 3.63) is 376 Å². The van der Waals surface area contributed by atoms with Gasteiger partial charge in [0.1, 0.15) is 11.0 Å². The third-order valence-corrected chi connectivity index (χ3v) is 20.9. The van der Waals surface area contributed by atoms with Crippen LogP contribution in [0.5, 0.6) is 0 Å². The molecule has 0 aliphatic rings. The molecule has 0 N–H and O–H groups in total. The number of nitrogens with zero attached hydrogens (tertiary/aromatic N) is 10. The highest BCUT2D eigenvalue weighted by atomic mass is 16.4. The van der Waals surface area contributed by atoms with Crippen LogP contribution in [0.1, 0.15) is 0 Å². The van der Waals surface area contributed by atoms with Gasteiger partial charge >= 0.3 is 0 Å². The van der Waals surface area contributed by atoms with E-state index in [1.807, 2.05) is 170 Å². The van der Waals surface area contributed by atoms with Crippen LogP contribution >= 0.6 is 0 Å². The van der Waals surface area contributed by atoms with E-state index < -0.39 is 0 Å². The van der Waals surface area contributed by atoms with Gasteiger partial charge in [0.25, 0.3) is 0 Å². The molecular formula is C100H62N10O2. The summed E-state index contributed by atoms with van der Waals surface area (Å²) in [6.45, 7) is 0. The summed E-state index contributed by atoms with van der Waals surface area (Å²) in [5.74, 6) is 5.10. The Morgan fingerprint density at radius 1 is 0.179 bits per heavy atom. The second-order valence-electron chi connectivity index (χ2n) is 27.9. The first-order valence-corrected chi connectivity index (χ1v) is 37.3. The van der Waals surface area contributed by atoms with Gasteiger partial charge in [-0.15, -0.1) is 0 Å². The molecule has 0 fully saturated rings. The van der Waals surface area contributed by atoms with E-state index in [1.165, 1.54) is 26.9 Å². The number of oxazole rings is 2. The molecule has 0 atom stereocenters. The number of hydrogen-bond acceptors (Lipinski definition) is 10. The molecule has 112 heavy (non-hydrogen) atoms. The van der Waals surface area contributed by atoms with Gasteiger partial charge in [0.2, 0.25) is 11.8 Å². The normalized spacial score (nSPS) is 11.6. The maximum Gasteiger partial charge on any atom is 0.227 e. The standard InChI is InChI=1S/2C50H31N5O/c1-3-11-34(12-4-1)47-52-48(35-13-5-2-6-14-35)54-49(53-47)37-22-20-33-19-21-36(29-39(33)30-37)32-23-26-40(27-24-32)55-44-17-9-7-15-41(44)42-28-25-38(31-45(42)55)50-51-43-16-8-10-18-46(43)56-50;1-3-11-33(12-4-1)47-52-48(34-13-5-2-6-14-34)54-49(53-47)35-21-19-32(20-22-35)36-23-24-38-30-40(27-25-37(38)29-36)55-44-17-9-7-15-41(44)42-28-26-39(31-45(42)55)50-51-43-16-8-10-18-46(43)56-50/h2*1-31H. The fourth-order valence-electron chi connectivity index (χ4n) is 15.4. The van der Waals surface area contributed by atoms with Gasteiger partial charge in [0.15, 0.2) is 46.1 Å². The van der Waals surface area contributed by atoms with Crippen LogP contribution in [-0.4, -0.2) is 49.0 Å². The van der Waals surface area contributed by atoms with Crippen LogP contribution in [-0.2, 0) is 0 Å². The van der Waals surface area contributed by atoms with Gasteiger partial charge < -0.3 is 18.0 Å². The van der Waals surface area contributed by atoms with Crippen molar-refractivity contribution in [1.82, 2.24) is 49.0 Å². The summed E-state index contributed by atoms with van der Waals surface area (Å²) in [4.78, 5) is 39.0. The lowest BCUT2D eigenvalue weighted by Crippen LogP contribution is -2.00. The number of aromatic nitrogens is 10. The topological polar surface area (TPSA) is 139 Å². The van der Waals surface area contributed by atoms with Crippen LogP contribution in [0.15, 0.2) is 385 Å². The largest absolute Gasteiger partial charge is 0.436 e. The first-order chi connectivity index (χ1) is 55.4. The predicted molar refractivity (Wildman–Crippen MR) is 453 cm³/mol. The highest BCUT2D eigenvalue weighted by Gasteiger charge is 2.21. The Balaban J connectivity index is 0.000000141. The minimum absolute atomic E-state index is 0.614. The fourth-order valence-corrected chi connectivity index (χ4v) is 15.4. The Labute approximate surface area is 642 Å². The molecular weight excluding hydrogens is 1370 g/mol. The first-order valence-electron chi connectivity index (χ1n) is 37.3. The lowest BCUT2D eigenvalue weighted by atomic mass is 9.99. The summed E-state index contributed by atoms with van der Waals surface area (Å²) in [7, 11) is 0. The highest BCUT2D eigenvalue weighted by molar-refractivity contribution is 6.12. The molecule has 12 nitrogen and oxygen atoms in total. The van der Waals surface area contributed by atoms with E-state index in [-0.39, 0.29) is 0 Å². The molecule has 12 heteroatoms. The Bertz CT molecular complexity index is 7180. The lowest BCUT2D eigenvalue weighted by Gasteiger charge is -2.11. The van der Waals surface area contributed by atoms with Gasteiger partial charge in [-0.25, -0.2) is 39.9 Å². The molecule has 0 unspecified atom stereocenters. The third kappa shape index (κ3) is 12.0. The van der Waals surface area contributed by atoms with Crippen LogP contribution in [0.25, 0.3) is 212 Å². The fraction of sp³-hybridized carbons (Fsp3) is 0. The molecule has 524 valence electrons. The maximum absolute atomic E-state index is 6.17. The zero-order chi connectivity index (χ0) is 74.0. The molecule has 0 aliphatic heterocycles. The molecule has 0 radical (unpaired) electrons. The van der Waals surface area contributed by atoms with Crippen molar-refractivity contribution in [2.75, 3.05) is 0 Å². The summed E-state index contributed by atoms with van der Waals surface area (Å²) >= 11 is 0. The Kier molecular flexibility index (Phi) is 15.9. The zero-order valence-corrected chi connectivity index (χ0v) is 60.1. The molecule has 0 spiro atoms. The molecule has 0 saturated carbocycles. The maximum atomic E-state index is 6.17. The molecule has 0 bridgehead atoms. The highest BCUT2D eigenvalue weighted by Crippen LogP contribution is 2.41. The quantitative estimate of drug-likeness (QED) is 0.116. The van der Waals surface area contributed by atoms with Crippen LogP contribution in [0.4, 0.5) is 0 Å². The summed E-state index contributed by atoms with van der Waals surface area (Å²) in [5, 5.41) is 9.36. The lowest BCUT2D eigenvalue weighted by molar-refractivity contribution is 0.619. The Morgan fingerprint density at radius 2 is 0.491 bits per heavy atom.